The minimum Gasteiger partial charge on any atom is -0.352 e. The van der Waals surface area contributed by atoms with Crippen LogP contribution in [-0.2, 0) is 22.4 Å². The Balaban J connectivity index is 1.63. The summed E-state index contributed by atoms with van der Waals surface area (Å²) in [6.45, 7) is 2.41. The number of carbonyl (C=O) groups excluding carboxylic acids is 2. The van der Waals surface area contributed by atoms with Gasteiger partial charge in [-0.15, -0.1) is 0 Å². The minimum absolute atomic E-state index is 0.0296. The molecule has 0 saturated heterocycles. The van der Waals surface area contributed by atoms with Gasteiger partial charge in [0.25, 0.3) is 0 Å². The Kier molecular flexibility index (Phi) is 7.85. The first-order valence-electron chi connectivity index (χ1n) is 10.8. The molecule has 2 amide bonds. The highest BCUT2D eigenvalue weighted by atomic mass is 16.2. The second-order valence-corrected chi connectivity index (χ2v) is 7.97. The van der Waals surface area contributed by atoms with Gasteiger partial charge in [-0.3, -0.25) is 9.59 Å². The molecule has 1 atom stereocenters. The van der Waals surface area contributed by atoms with Gasteiger partial charge >= 0.3 is 0 Å². The molecule has 0 bridgehead atoms. The van der Waals surface area contributed by atoms with Crippen molar-refractivity contribution in [2.24, 2.45) is 0 Å². The number of nitrogens with one attached hydrogen (secondary N) is 1. The van der Waals surface area contributed by atoms with E-state index < -0.39 is 6.04 Å². The number of aryl methyl sites for hydroxylation is 1. The highest BCUT2D eigenvalue weighted by Crippen LogP contribution is 2.18. The summed E-state index contributed by atoms with van der Waals surface area (Å²) in [5.41, 5.74) is 2.32. The Morgan fingerprint density at radius 3 is 2.07 bits per heavy atom. The molecule has 1 saturated carbocycles. The average Bonchev–Trinajstić information content (AvgIpc) is 3.26. The third-order valence-electron chi connectivity index (χ3n) is 5.82. The molecule has 1 aliphatic carbocycles. The molecule has 0 aliphatic heterocycles. The van der Waals surface area contributed by atoms with Crippen LogP contribution in [-0.4, -0.2) is 35.3 Å². The van der Waals surface area contributed by atoms with Crippen molar-refractivity contribution < 1.29 is 9.59 Å². The van der Waals surface area contributed by atoms with Crippen LogP contribution in [0, 0.1) is 0 Å². The summed E-state index contributed by atoms with van der Waals surface area (Å²) in [5.74, 6) is 0.0110. The molecule has 154 valence electrons. The zero-order valence-corrected chi connectivity index (χ0v) is 17.3. The number of rotatable bonds is 9. The first-order valence-corrected chi connectivity index (χ1v) is 10.8. The summed E-state index contributed by atoms with van der Waals surface area (Å²) in [5, 5.41) is 3.15. The average molecular weight is 393 g/mol. The van der Waals surface area contributed by atoms with E-state index in [0.717, 1.165) is 24.8 Å². The highest BCUT2D eigenvalue weighted by molar-refractivity contribution is 5.87. The maximum Gasteiger partial charge on any atom is 0.242 e. The molecule has 0 aromatic heterocycles. The fourth-order valence-corrected chi connectivity index (χ4v) is 4.00. The number of hydrogen-bond acceptors (Lipinski definition) is 2. The lowest BCUT2D eigenvalue weighted by atomic mass is 10.1. The van der Waals surface area contributed by atoms with Crippen LogP contribution in [0.3, 0.4) is 0 Å². The van der Waals surface area contributed by atoms with Crippen LogP contribution < -0.4 is 5.32 Å². The van der Waals surface area contributed by atoms with Crippen molar-refractivity contribution >= 4 is 11.8 Å². The van der Waals surface area contributed by atoms with Gasteiger partial charge in [0, 0.05) is 19.0 Å². The predicted octanol–water partition coefficient (Wildman–Crippen LogP) is 4.14. The molecule has 1 fully saturated rings. The third-order valence-corrected chi connectivity index (χ3v) is 5.82. The zero-order chi connectivity index (χ0) is 20.5. The Morgan fingerprint density at radius 1 is 0.931 bits per heavy atom. The fraction of sp³-hybridized carbons (Fsp3) is 0.440. The van der Waals surface area contributed by atoms with Crippen molar-refractivity contribution in [2.45, 2.75) is 64.0 Å². The summed E-state index contributed by atoms with van der Waals surface area (Å²) >= 11 is 0. The van der Waals surface area contributed by atoms with E-state index in [9.17, 15) is 9.59 Å². The summed E-state index contributed by atoms with van der Waals surface area (Å²) < 4.78 is 0. The van der Waals surface area contributed by atoms with Gasteiger partial charge < -0.3 is 10.2 Å². The lowest BCUT2D eigenvalue weighted by Gasteiger charge is -2.30. The molecule has 0 spiro atoms. The molecule has 4 heteroatoms. The smallest absolute Gasteiger partial charge is 0.242 e. The monoisotopic (exact) mass is 392 g/mol. The zero-order valence-electron chi connectivity index (χ0n) is 17.3. The molecule has 29 heavy (non-hydrogen) atoms. The highest BCUT2D eigenvalue weighted by Gasteiger charge is 2.27. The number of nitrogens with zero attached hydrogens (tertiary/aromatic N) is 1. The van der Waals surface area contributed by atoms with E-state index in [4.69, 9.17) is 0 Å². The van der Waals surface area contributed by atoms with E-state index in [0.29, 0.717) is 19.4 Å². The van der Waals surface area contributed by atoms with Gasteiger partial charge in [-0.25, -0.2) is 0 Å². The number of amides is 2. The van der Waals surface area contributed by atoms with Crippen molar-refractivity contribution in [3.63, 3.8) is 0 Å². The van der Waals surface area contributed by atoms with Crippen LogP contribution in [0.15, 0.2) is 60.7 Å². The van der Waals surface area contributed by atoms with Crippen LogP contribution in [0.4, 0.5) is 0 Å². The van der Waals surface area contributed by atoms with Crippen molar-refractivity contribution in [3.05, 3.63) is 71.8 Å². The third kappa shape index (κ3) is 6.45. The summed E-state index contributed by atoms with van der Waals surface area (Å²) in [4.78, 5) is 27.7. The normalized spacial score (nSPS) is 15.1. The van der Waals surface area contributed by atoms with Gasteiger partial charge in [0.2, 0.25) is 11.8 Å². The predicted molar refractivity (Wildman–Crippen MR) is 116 cm³/mol. The SMILES string of the molecule is CC(C(=O)NC1CCCC1)N(CCc1ccccc1)C(=O)CCc1ccccc1. The van der Waals surface area contributed by atoms with Crippen LogP contribution in [0.5, 0.6) is 0 Å². The minimum atomic E-state index is -0.456. The maximum absolute atomic E-state index is 13.1. The van der Waals surface area contributed by atoms with Crippen molar-refractivity contribution in [1.82, 2.24) is 10.2 Å². The summed E-state index contributed by atoms with van der Waals surface area (Å²) in [7, 11) is 0. The molecule has 2 aromatic carbocycles. The molecular formula is C25H32N2O2. The molecule has 2 aromatic rings. The second-order valence-electron chi connectivity index (χ2n) is 7.97. The number of carbonyl (C=O) groups is 2. The molecule has 0 heterocycles. The van der Waals surface area contributed by atoms with Crippen molar-refractivity contribution in [2.75, 3.05) is 6.54 Å². The van der Waals surface area contributed by atoms with E-state index in [1.165, 1.54) is 18.4 Å². The Morgan fingerprint density at radius 2 is 1.48 bits per heavy atom. The van der Waals surface area contributed by atoms with Gasteiger partial charge in [0.05, 0.1) is 0 Å². The van der Waals surface area contributed by atoms with Crippen molar-refractivity contribution in [3.8, 4) is 0 Å². The van der Waals surface area contributed by atoms with Gasteiger partial charge in [0.15, 0.2) is 0 Å². The molecule has 1 aliphatic rings. The number of benzene rings is 2. The van der Waals surface area contributed by atoms with Crippen LogP contribution in [0.1, 0.15) is 50.2 Å². The van der Waals surface area contributed by atoms with E-state index in [2.05, 4.69) is 17.4 Å². The van der Waals surface area contributed by atoms with E-state index in [-0.39, 0.29) is 17.9 Å². The standard InChI is InChI=1S/C25H32N2O2/c1-20(25(29)26-23-14-8-9-15-23)27(19-18-22-12-6-3-7-13-22)24(28)17-16-21-10-4-2-5-11-21/h2-7,10-13,20,23H,8-9,14-19H2,1H3,(H,26,29). The summed E-state index contributed by atoms with van der Waals surface area (Å²) in [6.07, 6.45) is 6.30. The topological polar surface area (TPSA) is 49.4 Å². The van der Waals surface area contributed by atoms with Crippen LogP contribution >= 0.6 is 0 Å². The molecule has 4 nitrogen and oxygen atoms in total. The number of hydrogen-bond donors (Lipinski definition) is 1. The van der Waals surface area contributed by atoms with Crippen molar-refractivity contribution in [1.29, 1.82) is 0 Å². The van der Waals surface area contributed by atoms with E-state index >= 15 is 0 Å². The lowest BCUT2D eigenvalue weighted by Crippen LogP contribution is -2.50. The van der Waals surface area contributed by atoms with Gasteiger partial charge in [-0.1, -0.05) is 73.5 Å². The summed E-state index contributed by atoms with van der Waals surface area (Å²) in [6, 6.07) is 20.0. The molecule has 1 unspecified atom stereocenters. The quantitative estimate of drug-likeness (QED) is 0.697. The maximum atomic E-state index is 13.1. The van der Waals surface area contributed by atoms with Gasteiger partial charge in [0.1, 0.15) is 6.04 Å². The van der Waals surface area contributed by atoms with Gasteiger partial charge in [-0.05, 0) is 43.7 Å². The largest absolute Gasteiger partial charge is 0.352 e. The van der Waals surface area contributed by atoms with E-state index in [1.54, 1.807) is 4.90 Å². The van der Waals surface area contributed by atoms with Crippen LogP contribution in [0.25, 0.3) is 0 Å². The second kappa shape index (κ2) is 10.8. The molecule has 3 rings (SSSR count). The molecule has 1 N–H and O–H groups in total. The fourth-order valence-electron chi connectivity index (χ4n) is 4.00. The van der Waals surface area contributed by atoms with E-state index in [1.807, 2.05) is 55.5 Å². The molecule has 0 radical (unpaired) electrons. The first-order chi connectivity index (χ1) is 14.1. The first kappa shape index (κ1) is 21.1. The Bertz CT molecular complexity index is 770. The Labute approximate surface area is 174 Å². The lowest BCUT2D eigenvalue weighted by molar-refractivity contribution is -0.140. The van der Waals surface area contributed by atoms with Crippen LogP contribution in [0.2, 0.25) is 0 Å². The van der Waals surface area contributed by atoms with Gasteiger partial charge in [-0.2, -0.15) is 0 Å². The molecular weight excluding hydrogens is 360 g/mol. The Hall–Kier alpha value is -2.62.